The number of hydrogen-bond acceptors (Lipinski definition) is 5. The molecule has 2 unspecified atom stereocenters. The van der Waals surface area contributed by atoms with E-state index >= 15 is 0 Å². The van der Waals surface area contributed by atoms with Crippen molar-refractivity contribution in [2.24, 2.45) is 5.73 Å². The van der Waals surface area contributed by atoms with Gasteiger partial charge in [-0.3, -0.25) is 0 Å². The van der Waals surface area contributed by atoms with Gasteiger partial charge in [-0.05, 0) is 6.08 Å². The predicted octanol–water partition coefficient (Wildman–Crippen LogP) is -0.519. The van der Waals surface area contributed by atoms with E-state index in [0.717, 1.165) is 0 Å². The lowest BCUT2D eigenvalue weighted by Crippen LogP contribution is -2.31. The van der Waals surface area contributed by atoms with E-state index in [1.54, 1.807) is 0 Å². The molecule has 14 heavy (non-hydrogen) atoms. The molecular formula is C8H9NO5. The Balaban J connectivity index is 2.44. The monoisotopic (exact) mass is 199 g/mol. The highest BCUT2D eigenvalue weighted by Gasteiger charge is 2.67. The zero-order valence-electron chi connectivity index (χ0n) is 7.35. The van der Waals surface area contributed by atoms with Crippen LogP contribution < -0.4 is 5.73 Å². The smallest absolute Gasteiger partial charge is 0.343 e. The van der Waals surface area contributed by atoms with E-state index in [1.165, 1.54) is 13.2 Å². The van der Waals surface area contributed by atoms with E-state index in [9.17, 15) is 9.90 Å². The summed E-state index contributed by atoms with van der Waals surface area (Å²) in [5.74, 6) is -1.34. The van der Waals surface area contributed by atoms with Gasteiger partial charge in [0.05, 0.1) is 12.8 Å². The quantitative estimate of drug-likeness (QED) is 0.517. The molecule has 1 aliphatic heterocycles. The van der Waals surface area contributed by atoms with E-state index in [4.69, 9.17) is 20.3 Å². The molecule has 1 aliphatic carbocycles. The Morgan fingerprint density at radius 2 is 2.43 bits per heavy atom. The first-order valence-corrected chi connectivity index (χ1v) is 3.90. The van der Waals surface area contributed by atoms with Gasteiger partial charge in [-0.1, -0.05) is 0 Å². The van der Waals surface area contributed by atoms with Crippen LogP contribution in [0.3, 0.4) is 0 Å². The van der Waals surface area contributed by atoms with Crippen molar-refractivity contribution >= 4 is 5.97 Å². The number of carboxylic acids is 1. The van der Waals surface area contributed by atoms with Crippen molar-refractivity contribution in [2.75, 3.05) is 7.11 Å². The molecule has 76 valence electrons. The number of hydrogen-bond donors (Lipinski definition) is 3. The molecule has 0 radical (unpaired) electrons. The normalized spacial score (nSPS) is 34.6. The minimum Gasteiger partial charge on any atom is -0.503 e. The first-order chi connectivity index (χ1) is 6.53. The summed E-state index contributed by atoms with van der Waals surface area (Å²) in [7, 11) is 1.32. The molecule has 0 amide bonds. The number of aliphatic hydroxyl groups excluding tert-OH is 1. The van der Waals surface area contributed by atoms with Gasteiger partial charge in [0, 0.05) is 0 Å². The van der Waals surface area contributed by atoms with Crippen molar-refractivity contribution in [1.82, 2.24) is 0 Å². The maximum Gasteiger partial charge on any atom is 0.343 e. The summed E-state index contributed by atoms with van der Waals surface area (Å²) in [5, 5.41) is 18.3. The van der Waals surface area contributed by atoms with Crippen molar-refractivity contribution in [2.45, 2.75) is 11.7 Å². The van der Waals surface area contributed by atoms with Crippen molar-refractivity contribution in [1.29, 1.82) is 0 Å². The van der Waals surface area contributed by atoms with E-state index in [-0.39, 0.29) is 17.2 Å². The second-order valence-corrected chi connectivity index (χ2v) is 3.11. The summed E-state index contributed by atoms with van der Waals surface area (Å²) in [5.41, 5.74) is 3.93. The third kappa shape index (κ3) is 0.856. The molecule has 0 aromatic carbocycles. The lowest BCUT2D eigenvalue weighted by atomic mass is 9.97. The molecule has 6 heteroatoms. The Bertz CT molecular complexity index is 372. The van der Waals surface area contributed by atoms with Gasteiger partial charge in [-0.15, -0.1) is 0 Å². The maximum absolute atomic E-state index is 10.8. The van der Waals surface area contributed by atoms with Gasteiger partial charge >= 0.3 is 5.97 Å². The Labute approximate surface area is 79.2 Å². The highest BCUT2D eigenvalue weighted by Crippen LogP contribution is 2.47. The summed E-state index contributed by atoms with van der Waals surface area (Å²) < 4.78 is 9.80. The van der Waals surface area contributed by atoms with Crippen molar-refractivity contribution < 1.29 is 24.5 Å². The van der Waals surface area contributed by atoms with Crippen LogP contribution in [-0.2, 0) is 14.3 Å². The third-order valence-corrected chi connectivity index (χ3v) is 2.31. The number of carboxylic acid groups (broad SMARTS) is 1. The maximum atomic E-state index is 10.8. The minimum atomic E-state index is -1.44. The fraction of sp³-hybridized carbons (Fsp3) is 0.375. The van der Waals surface area contributed by atoms with Gasteiger partial charge in [0.2, 0.25) is 5.60 Å². The number of ether oxygens (including phenoxy) is 2. The van der Waals surface area contributed by atoms with Gasteiger partial charge < -0.3 is 25.4 Å². The van der Waals surface area contributed by atoms with Crippen LogP contribution in [0.1, 0.15) is 0 Å². The van der Waals surface area contributed by atoms with Gasteiger partial charge in [0.15, 0.2) is 17.6 Å². The first-order valence-electron chi connectivity index (χ1n) is 3.90. The van der Waals surface area contributed by atoms with Crippen LogP contribution >= 0.6 is 0 Å². The van der Waals surface area contributed by atoms with E-state index < -0.39 is 17.7 Å². The number of epoxide rings is 1. The molecule has 2 atom stereocenters. The zero-order valence-corrected chi connectivity index (χ0v) is 7.35. The van der Waals surface area contributed by atoms with Gasteiger partial charge in [-0.25, -0.2) is 4.79 Å². The van der Waals surface area contributed by atoms with Crippen LogP contribution in [0.2, 0.25) is 0 Å². The van der Waals surface area contributed by atoms with E-state index in [2.05, 4.69) is 0 Å². The Morgan fingerprint density at radius 3 is 2.93 bits per heavy atom. The fourth-order valence-corrected chi connectivity index (χ4v) is 1.51. The molecule has 0 aromatic heterocycles. The highest BCUT2D eigenvalue weighted by atomic mass is 16.7. The van der Waals surface area contributed by atoms with E-state index in [0.29, 0.717) is 0 Å². The molecule has 1 fully saturated rings. The number of nitrogens with two attached hydrogens (primary N) is 1. The molecule has 1 heterocycles. The lowest BCUT2D eigenvalue weighted by molar-refractivity contribution is -0.141. The molecule has 0 spiro atoms. The molecular weight excluding hydrogens is 190 g/mol. The summed E-state index contributed by atoms with van der Waals surface area (Å²) in [4.78, 5) is 10.8. The van der Waals surface area contributed by atoms with Gasteiger partial charge in [-0.2, -0.15) is 0 Å². The second kappa shape index (κ2) is 2.42. The standard InChI is InChI=1S/C8H9NO5/c1-13-5-4(10)3(9)2-8(7(11)12)6(5)14-8/h2,6,10H,9H2,1H3,(H,11,12). The summed E-state index contributed by atoms with van der Waals surface area (Å²) >= 11 is 0. The molecule has 1 saturated heterocycles. The fourth-order valence-electron chi connectivity index (χ4n) is 1.51. The SMILES string of the molecule is COC1=C(O)C(N)=CC2(C(=O)O)OC12. The van der Waals surface area contributed by atoms with Gasteiger partial charge in [0.1, 0.15) is 0 Å². The molecule has 0 saturated carbocycles. The highest BCUT2D eigenvalue weighted by molar-refractivity contribution is 5.86. The minimum absolute atomic E-state index is 0.0435. The molecule has 0 aromatic rings. The predicted molar refractivity (Wildman–Crippen MR) is 44.2 cm³/mol. The number of aliphatic hydroxyl groups is 1. The number of methoxy groups -OCH3 is 1. The lowest BCUT2D eigenvalue weighted by Gasteiger charge is -2.14. The molecule has 6 nitrogen and oxygen atoms in total. The van der Waals surface area contributed by atoms with Crippen LogP contribution in [0, 0.1) is 0 Å². The van der Waals surface area contributed by atoms with Crippen LogP contribution in [0.4, 0.5) is 0 Å². The van der Waals surface area contributed by atoms with Crippen LogP contribution in [0.5, 0.6) is 0 Å². The van der Waals surface area contributed by atoms with E-state index in [1.807, 2.05) is 0 Å². The summed E-state index contributed by atoms with van der Waals surface area (Å²) in [6, 6.07) is 0. The van der Waals surface area contributed by atoms with Crippen LogP contribution in [0.15, 0.2) is 23.3 Å². The molecule has 4 N–H and O–H groups in total. The average molecular weight is 199 g/mol. The zero-order chi connectivity index (χ0) is 10.5. The van der Waals surface area contributed by atoms with Crippen LogP contribution in [-0.4, -0.2) is 35.0 Å². The number of carbonyl (C=O) groups is 1. The topological polar surface area (TPSA) is 105 Å². The Hall–Kier alpha value is -1.69. The molecule has 0 bridgehead atoms. The largest absolute Gasteiger partial charge is 0.503 e. The molecule has 2 rings (SSSR count). The van der Waals surface area contributed by atoms with Crippen molar-refractivity contribution in [3.63, 3.8) is 0 Å². The first kappa shape index (κ1) is 8.89. The number of aliphatic carboxylic acids is 1. The van der Waals surface area contributed by atoms with Gasteiger partial charge in [0.25, 0.3) is 0 Å². The summed E-state index contributed by atoms with van der Waals surface area (Å²) in [6.07, 6.45) is 0.412. The third-order valence-electron chi connectivity index (χ3n) is 2.31. The van der Waals surface area contributed by atoms with Crippen molar-refractivity contribution in [3.05, 3.63) is 23.3 Å². The van der Waals surface area contributed by atoms with Crippen LogP contribution in [0.25, 0.3) is 0 Å². The second-order valence-electron chi connectivity index (χ2n) is 3.11. The number of rotatable bonds is 2. The number of fused-ring (bicyclic) bond motifs is 1. The average Bonchev–Trinajstić information content (AvgIpc) is 2.82. The summed E-state index contributed by atoms with van der Waals surface area (Å²) in [6.45, 7) is 0. The molecule has 2 aliphatic rings. The Morgan fingerprint density at radius 1 is 1.79 bits per heavy atom. The Kier molecular flexibility index (Phi) is 1.53. The van der Waals surface area contributed by atoms with Crippen molar-refractivity contribution in [3.8, 4) is 0 Å².